The van der Waals surface area contributed by atoms with Crippen LogP contribution in [0.1, 0.15) is 49.8 Å². The van der Waals surface area contributed by atoms with E-state index in [1.807, 2.05) is 26.2 Å². The van der Waals surface area contributed by atoms with Crippen molar-refractivity contribution in [2.45, 2.75) is 51.5 Å². The van der Waals surface area contributed by atoms with Crippen LogP contribution in [-0.4, -0.2) is 50.0 Å². The maximum atomic E-state index is 11.9. The Morgan fingerprint density at radius 2 is 1.97 bits per heavy atom. The minimum absolute atomic E-state index is 0.278. The van der Waals surface area contributed by atoms with Crippen LogP contribution in [0.2, 0.25) is 0 Å². The van der Waals surface area contributed by atoms with Gasteiger partial charge in [0.25, 0.3) is 0 Å². The van der Waals surface area contributed by atoms with Crippen LogP contribution >= 0.6 is 0 Å². The van der Waals surface area contributed by atoms with Crippen molar-refractivity contribution in [3.8, 4) is 5.75 Å². The fourth-order valence-electron chi connectivity index (χ4n) is 5.02. The lowest BCUT2D eigenvalue weighted by atomic mass is 9.79. The third-order valence-corrected chi connectivity index (χ3v) is 6.91. The largest absolute Gasteiger partial charge is 0.493 e. The molecule has 1 aliphatic heterocycles. The Hall–Kier alpha value is -2.01. The van der Waals surface area contributed by atoms with E-state index in [-0.39, 0.29) is 5.91 Å². The average Bonchev–Trinajstić information content (AvgIpc) is 3.11. The number of nitrogens with zero attached hydrogens (tertiary/aromatic N) is 2. The summed E-state index contributed by atoms with van der Waals surface area (Å²) in [5.41, 5.74) is 2.26. The number of para-hydroxylation sites is 1. The lowest BCUT2D eigenvalue weighted by Gasteiger charge is -2.31. The van der Waals surface area contributed by atoms with E-state index in [9.17, 15) is 4.79 Å². The smallest absolute Gasteiger partial charge is 0.222 e. The fraction of sp³-hybridized carbons (Fsp3) is 0.625. The highest BCUT2D eigenvalue weighted by atomic mass is 16.5. The molecule has 29 heavy (non-hydrogen) atoms. The highest BCUT2D eigenvalue weighted by Gasteiger charge is 2.26. The standard InChI is InChI=1S/C24H34N2O3/c1-25(2)23(27)15-18-9-7-17(8-10-18)11-13-26-14-12-19-20-5-4-6-21(28-3)24(20)29-22(19)16-26/h4-6,17-18H,7-16H2,1-3H3. The monoisotopic (exact) mass is 398 g/mol. The summed E-state index contributed by atoms with van der Waals surface area (Å²) in [6.07, 6.45) is 7.99. The summed E-state index contributed by atoms with van der Waals surface area (Å²) < 4.78 is 11.7. The van der Waals surface area contributed by atoms with Crippen LogP contribution < -0.4 is 4.74 Å². The lowest BCUT2D eigenvalue weighted by Crippen LogP contribution is -2.32. The van der Waals surface area contributed by atoms with Crippen LogP contribution in [0.5, 0.6) is 5.75 Å². The summed E-state index contributed by atoms with van der Waals surface area (Å²) in [6.45, 7) is 3.14. The first-order valence-electron chi connectivity index (χ1n) is 11.0. The molecular weight excluding hydrogens is 364 g/mol. The highest BCUT2D eigenvalue weighted by molar-refractivity contribution is 5.87. The van der Waals surface area contributed by atoms with Crippen molar-refractivity contribution in [2.75, 3.05) is 34.3 Å². The van der Waals surface area contributed by atoms with Crippen molar-refractivity contribution in [1.82, 2.24) is 9.80 Å². The summed E-state index contributed by atoms with van der Waals surface area (Å²) in [7, 11) is 5.42. The molecule has 2 aromatic rings. The zero-order chi connectivity index (χ0) is 20.4. The first kappa shape index (κ1) is 20.3. The number of ether oxygens (including phenoxy) is 1. The molecule has 1 aliphatic carbocycles. The minimum atomic E-state index is 0.278. The summed E-state index contributed by atoms with van der Waals surface area (Å²) >= 11 is 0. The number of carbonyl (C=O) groups excluding carboxylic acids is 1. The molecule has 1 saturated carbocycles. The Balaban J connectivity index is 1.28. The van der Waals surface area contributed by atoms with E-state index >= 15 is 0 Å². The van der Waals surface area contributed by atoms with Crippen LogP contribution in [-0.2, 0) is 17.8 Å². The van der Waals surface area contributed by atoms with Crippen LogP contribution in [0, 0.1) is 11.8 Å². The van der Waals surface area contributed by atoms with Gasteiger partial charge in [-0.25, -0.2) is 0 Å². The molecule has 0 N–H and O–H groups in total. The van der Waals surface area contributed by atoms with Crippen LogP contribution in [0.25, 0.3) is 11.0 Å². The summed E-state index contributed by atoms with van der Waals surface area (Å²) in [5, 5.41) is 1.21. The van der Waals surface area contributed by atoms with E-state index in [0.717, 1.165) is 55.5 Å². The molecule has 158 valence electrons. The molecule has 2 aliphatic rings. The van der Waals surface area contributed by atoms with Crippen molar-refractivity contribution in [3.05, 3.63) is 29.5 Å². The second-order valence-electron chi connectivity index (χ2n) is 9.03. The molecule has 1 aromatic carbocycles. The molecule has 0 unspecified atom stereocenters. The normalized spacial score (nSPS) is 22.4. The summed E-state index contributed by atoms with van der Waals surface area (Å²) in [6, 6.07) is 6.17. The zero-order valence-electron chi connectivity index (χ0n) is 18.1. The van der Waals surface area contributed by atoms with E-state index in [1.165, 1.54) is 43.1 Å². The molecule has 0 saturated heterocycles. The molecule has 0 bridgehead atoms. The van der Waals surface area contributed by atoms with Crippen molar-refractivity contribution < 1.29 is 13.9 Å². The van der Waals surface area contributed by atoms with Crippen molar-refractivity contribution in [2.24, 2.45) is 11.8 Å². The molecule has 5 nitrogen and oxygen atoms in total. The molecular formula is C24H34N2O3. The second kappa shape index (κ2) is 8.78. The molecule has 0 atom stereocenters. The van der Waals surface area contributed by atoms with Crippen molar-refractivity contribution >= 4 is 16.9 Å². The van der Waals surface area contributed by atoms with E-state index in [1.54, 1.807) is 12.0 Å². The molecule has 0 spiro atoms. The van der Waals surface area contributed by atoms with Gasteiger partial charge in [0.05, 0.1) is 13.7 Å². The van der Waals surface area contributed by atoms with E-state index in [0.29, 0.717) is 5.92 Å². The Labute approximate surface area is 174 Å². The summed E-state index contributed by atoms with van der Waals surface area (Å²) in [4.78, 5) is 16.2. The summed E-state index contributed by atoms with van der Waals surface area (Å²) in [5.74, 6) is 3.61. The Kier molecular flexibility index (Phi) is 6.14. The number of hydrogen-bond donors (Lipinski definition) is 0. The van der Waals surface area contributed by atoms with Crippen LogP contribution in [0.4, 0.5) is 0 Å². The number of carbonyl (C=O) groups is 1. The van der Waals surface area contributed by atoms with Gasteiger partial charge in [-0.1, -0.05) is 25.0 Å². The third-order valence-electron chi connectivity index (χ3n) is 6.91. The van der Waals surface area contributed by atoms with Crippen LogP contribution in [0.15, 0.2) is 22.6 Å². The number of furan rings is 1. The van der Waals surface area contributed by atoms with Gasteiger partial charge >= 0.3 is 0 Å². The van der Waals surface area contributed by atoms with Gasteiger partial charge < -0.3 is 14.1 Å². The number of methoxy groups -OCH3 is 1. The fourth-order valence-corrected chi connectivity index (χ4v) is 5.02. The molecule has 1 fully saturated rings. The lowest BCUT2D eigenvalue weighted by molar-refractivity contribution is -0.130. The number of rotatable bonds is 6. The number of amides is 1. The molecule has 1 amide bonds. The van der Waals surface area contributed by atoms with Gasteiger partial charge in [-0.05, 0) is 50.1 Å². The van der Waals surface area contributed by atoms with Crippen molar-refractivity contribution in [3.63, 3.8) is 0 Å². The number of benzene rings is 1. The van der Waals surface area contributed by atoms with Crippen molar-refractivity contribution in [1.29, 1.82) is 0 Å². The first-order chi connectivity index (χ1) is 14.0. The van der Waals surface area contributed by atoms with Gasteiger partial charge in [-0.2, -0.15) is 0 Å². The predicted octanol–water partition coefficient (Wildman–Crippen LogP) is 4.47. The number of hydrogen-bond acceptors (Lipinski definition) is 4. The predicted molar refractivity (Wildman–Crippen MR) is 115 cm³/mol. The zero-order valence-corrected chi connectivity index (χ0v) is 18.1. The van der Waals surface area contributed by atoms with Gasteiger partial charge in [-0.15, -0.1) is 0 Å². The van der Waals surface area contributed by atoms with Gasteiger partial charge in [0, 0.05) is 38.0 Å². The Morgan fingerprint density at radius 1 is 1.21 bits per heavy atom. The molecule has 5 heteroatoms. The van der Waals surface area contributed by atoms with Gasteiger partial charge in [0.2, 0.25) is 5.91 Å². The second-order valence-corrected chi connectivity index (χ2v) is 9.03. The third kappa shape index (κ3) is 4.45. The SMILES string of the molecule is COc1cccc2c3c(oc12)CN(CCC1CCC(CC(=O)N(C)C)CC1)CC3. The van der Waals surface area contributed by atoms with E-state index < -0.39 is 0 Å². The number of fused-ring (bicyclic) bond motifs is 3. The quantitative estimate of drug-likeness (QED) is 0.720. The van der Waals surface area contributed by atoms with Gasteiger partial charge in [0.1, 0.15) is 5.76 Å². The maximum absolute atomic E-state index is 11.9. The molecule has 1 aromatic heterocycles. The highest BCUT2D eigenvalue weighted by Crippen LogP contribution is 2.36. The Bertz CT molecular complexity index is 849. The maximum Gasteiger partial charge on any atom is 0.222 e. The van der Waals surface area contributed by atoms with Crippen LogP contribution in [0.3, 0.4) is 0 Å². The first-order valence-corrected chi connectivity index (χ1v) is 11.0. The van der Waals surface area contributed by atoms with Gasteiger partial charge in [0.15, 0.2) is 11.3 Å². The van der Waals surface area contributed by atoms with E-state index in [2.05, 4.69) is 11.0 Å². The topological polar surface area (TPSA) is 45.9 Å². The van der Waals surface area contributed by atoms with Gasteiger partial charge in [-0.3, -0.25) is 9.69 Å². The minimum Gasteiger partial charge on any atom is -0.493 e. The van der Waals surface area contributed by atoms with E-state index in [4.69, 9.17) is 9.15 Å². The molecule has 2 heterocycles. The Morgan fingerprint density at radius 3 is 2.69 bits per heavy atom. The molecule has 4 rings (SSSR count). The average molecular weight is 399 g/mol. The molecule has 0 radical (unpaired) electrons.